The molecule has 1 aromatic carbocycles. The Balaban J connectivity index is 2.34. The van der Waals surface area contributed by atoms with Gasteiger partial charge in [0.05, 0.1) is 12.2 Å². The minimum Gasteiger partial charge on any atom is -0.369 e. The van der Waals surface area contributed by atoms with Crippen molar-refractivity contribution in [2.75, 3.05) is 6.54 Å². The maximum atomic E-state index is 6.04. The summed E-state index contributed by atoms with van der Waals surface area (Å²) in [6.07, 6.45) is 6.62. The summed E-state index contributed by atoms with van der Waals surface area (Å²) in [4.78, 5) is 0. The molecule has 1 rings (SSSR count). The Bertz CT molecular complexity index is 299. The van der Waals surface area contributed by atoms with Crippen molar-refractivity contribution in [3.63, 3.8) is 0 Å². The molecule has 0 amide bonds. The van der Waals surface area contributed by atoms with Gasteiger partial charge in [0, 0.05) is 6.54 Å². The summed E-state index contributed by atoms with van der Waals surface area (Å²) in [5.74, 6) is 0. The summed E-state index contributed by atoms with van der Waals surface area (Å²) < 4.78 is 6.04. The Morgan fingerprint density at radius 3 is 2.44 bits per heavy atom. The predicted molar refractivity (Wildman–Crippen MR) is 77.5 cm³/mol. The van der Waals surface area contributed by atoms with Crippen LogP contribution in [0, 0.1) is 0 Å². The van der Waals surface area contributed by atoms with Gasteiger partial charge in [0.1, 0.15) is 0 Å². The highest BCUT2D eigenvalue weighted by Gasteiger charge is 2.13. The average molecular weight is 249 g/mol. The highest BCUT2D eigenvalue weighted by Crippen LogP contribution is 2.20. The van der Waals surface area contributed by atoms with Gasteiger partial charge in [-0.05, 0) is 18.9 Å². The van der Waals surface area contributed by atoms with E-state index in [4.69, 9.17) is 10.5 Å². The fraction of sp³-hybridized carbons (Fsp3) is 0.625. The van der Waals surface area contributed by atoms with Gasteiger partial charge in [-0.15, -0.1) is 0 Å². The van der Waals surface area contributed by atoms with Gasteiger partial charge in [0.25, 0.3) is 0 Å². The molecular weight excluding hydrogens is 222 g/mol. The van der Waals surface area contributed by atoms with Crippen LogP contribution in [0.3, 0.4) is 0 Å². The fourth-order valence-electron chi connectivity index (χ4n) is 2.14. The maximum absolute atomic E-state index is 6.04. The molecule has 0 spiro atoms. The van der Waals surface area contributed by atoms with E-state index in [1.54, 1.807) is 0 Å². The summed E-state index contributed by atoms with van der Waals surface area (Å²) in [6.45, 7) is 4.93. The molecule has 2 N–H and O–H groups in total. The molecule has 18 heavy (non-hydrogen) atoms. The lowest BCUT2D eigenvalue weighted by Crippen LogP contribution is -2.20. The second-order valence-electron chi connectivity index (χ2n) is 4.93. The van der Waals surface area contributed by atoms with Crippen LogP contribution in [0.5, 0.6) is 0 Å². The first-order chi connectivity index (χ1) is 8.77. The quantitative estimate of drug-likeness (QED) is 0.670. The smallest absolute Gasteiger partial charge is 0.0950 e. The third kappa shape index (κ3) is 5.65. The Labute approximate surface area is 112 Å². The highest BCUT2D eigenvalue weighted by atomic mass is 16.5. The molecule has 102 valence electrons. The topological polar surface area (TPSA) is 35.2 Å². The van der Waals surface area contributed by atoms with E-state index >= 15 is 0 Å². The zero-order chi connectivity index (χ0) is 13.2. The van der Waals surface area contributed by atoms with Crippen LogP contribution >= 0.6 is 0 Å². The van der Waals surface area contributed by atoms with E-state index in [1.807, 2.05) is 18.2 Å². The van der Waals surface area contributed by atoms with Crippen LogP contribution in [-0.2, 0) is 4.74 Å². The Morgan fingerprint density at radius 2 is 1.83 bits per heavy atom. The number of ether oxygens (including phenoxy) is 1. The molecule has 0 aromatic heterocycles. The molecule has 0 aliphatic heterocycles. The molecule has 2 unspecified atom stereocenters. The number of benzene rings is 1. The highest BCUT2D eigenvalue weighted by molar-refractivity contribution is 5.17. The van der Waals surface area contributed by atoms with Crippen molar-refractivity contribution >= 4 is 0 Å². The molecule has 0 radical (unpaired) electrons. The predicted octanol–water partition coefficient (Wildman–Crippen LogP) is 4.06. The van der Waals surface area contributed by atoms with E-state index in [2.05, 4.69) is 26.0 Å². The van der Waals surface area contributed by atoms with Gasteiger partial charge in [-0.3, -0.25) is 0 Å². The Hall–Kier alpha value is -0.860. The number of hydrogen-bond donors (Lipinski definition) is 1. The van der Waals surface area contributed by atoms with E-state index in [0.29, 0.717) is 6.54 Å². The average Bonchev–Trinajstić information content (AvgIpc) is 2.42. The largest absolute Gasteiger partial charge is 0.369 e. The van der Waals surface area contributed by atoms with Crippen molar-refractivity contribution < 1.29 is 4.74 Å². The molecular formula is C16H27NO. The zero-order valence-corrected chi connectivity index (χ0v) is 11.8. The first kappa shape index (κ1) is 15.2. The summed E-state index contributed by atoms with van der Waals surface area (Å²) in [6, 6.07) is 10.3. The Kier molecular flexibility index (Phi) is 7.70. The van der Waals surface area contributed by atoms with Crippen LogP contribution < -0.4 is 5.73 Å². The van der Waals surface area contributed by atoms with Crippen molar-refractivity contribution in [1.29, 1.82) is 0 Å². The van der Waals surface area contributed by atoms with E-state index in [0.717, 1.165) is 6.42 Å². The third-order valence-corrected chi connectivity index (χ3v) is 3.25. The molecule has 0 bridgehead atoms. The van der Waals surface area contributed by atoms with Crippen molar-refractivity contribution in [2.24, 2.45) is 5.73 Å². The summed E-state index contributed by atoms with van der Waals surface area (Å²) in [5, 5.41) is 0. The van der Waals surface area contributed by atoms with Crippen molar-refractivity contribution in [2.45, 2.75) is 58.2 Å². The summed E-state index contributed by atoms with van der Waals surface area (Å²) >= 11 is 0. The lowest BCUT2D eigenvalue weighted by molar-refractivity contribution is -0.00373. The van der Waals surface area contributed by atoms with E-state index < -0.39 is 0 Å². The normalized spacial score (nSPS) is 14.4. The van der Waals surface area contributed by atoms with Crippen molar-refractivity contribution in [3.05, 3.63) is 35.9 Å². The minimum absolute atomic E-state index is 0.0346. The number of rotatable bonds is 9. The zero-order valence-electron chi connectivity index (χ0n) is 11.8. The molecule has 0 aliphatic carbocycles. The molecule has 0 saturated carbocycles. The molecule has 0 saturated heterocycles. The van der Waals surface area contributed by atoms with Crippen LogP contribution in [-0.4, -0.2) is 12.6 Å². The maximum Gasteiger partial charge on any atom is 0.0950 e. The SMILES string of the molecule is CCCCCCC(C)OC(CN)c1ccccc1. The van der Waals surface area contributed by atoms with Crippen LogP contribution in [0.1, 0.15) is 57.6 Å². The second-order valence-corrected chi connectivity index (χ2v) is 4.93. The van der Waals surface area contributed by atoms with Crippen LogP contribution in [0.15, 0.2) is 30.3 Å². The molecule has 0 fully saturated rings. The van der Waals surface area contributed by atoms with Crippen LogP contribution in [0.25, 0.3) is 0 Å². The van der Waals surface area contributed by atoms with Gasteiger partial charge in [0.2, 0.25) is 0 Å². The first-order valence-corrected chi connectivity index (χ1v) is 7.18. The third-order valence-electron chi connectivity index (χ3n) is 3.25. The van der Waals surface area contributed by atoms with Gasteiger partial charge in [-0.1, -0.05) is 62.9 Å². The van der Waals surface area contributed by atoms with Crippen molar-refractivity contribution in [1.82, 2.24) is 0 Å². The first-order valence-electron chi connectivity index (χ1n) is 7.18. The van der Waals surface area contributed by atoms with Crippen molar-refractivity contribution in [3.8, 4) is 0 Å². The van der Waals surface area contributed by atoms with Gasteiger partial charge in [-0.2, -0.15) is 0 Å². The van der Waals surface area contributed by atoms with Gasteiger partial charge in [0.15, 0.2) is 0 Å². The molecule has 0 heterocycles. The fourth-order valence-corrected chi connectivity index (χ4v) is 2.14. The molecule has 1 aromatic rings. The minimum atomic E-state index is 0.0346. The lowest BCUT2D eigenvalue weighted by atomic mass is 10.1. The van der Waals surface area contributed by atoms with Crippen LogP contribution in [0.2, 0.25) is 0 Å². The monoisotopic (exact) mass is 249 g/mol. The van der Waals surface area contributed by atoms with E-state index in [-0.39, 0.29) is 12.2 Å². The van der Waals surface area contributed by atoms with Gasteiger partial charge >= 0.3 is 0 Å². The number of unbranched alkanes of at least 4 members (excludes halogenated alkanes) is 3. The summed E-state index contributed by atoms with van der Waals surface area (Å²) in [7, 11) is 0. The second kappa shape index (κ2) is 9.12. The number of hydrogen-bond acceptors (Lipinski definition) is 2. The van der Waals surface area contributed by atoms with E-state index in [1.165, 1.54) is 31.2 Å². The van der Waals surface area contributed by atoms with Gasteiger partial charge in [-0.25, -0.2) is 0 Å². The molecule has 0 aliphatic rings. The van der Waals surface area contributed by atoms with Crippen LogP contribution in [0.4, 0.5) is 0 Å². The summed E-state index contributed by atoms with van der Waals surface area (Å²) in [5.41, 5.74) is 6.99. The lowest BCUT2D eigenvalue weighted by Gasteiger charge is -2.21. The standard InChI is InChI=1S/C16H27NO/c1-3-4-5-7-10-14(2)18-16(13-17)15-11-8-6-9-12-15/h6,8-9,11-12,14,16H,3-5,7,10,13,17H2,1-2H3. The molecule has 2 atom stereocenters. The molecule has 2 heteroatoms. The van der Waals surface area contributed by atoms with E-state index in [9.17, 15) is 0 Å². The molecule has 2 nitrogen and oxygen atoms in total. The van der Waals surface area contributed by atoms with Gasteiger partial charge < -0.3 is 10.5 Å². The Morgan fingerprint density at radius 1 is 1.11 bits per heavy atom. The number of nitrogens with two attached hydrogens (primary N) is 1.